The molecule has 4 heterocycles. The summed E-state index contributed by atoms with van der Waals surface area (Å²) in [5, 5.41) is 39.1. The highest BCUT2D eigenvalue weighted by Gasteiger charge is 2.25. The predicted molar refractivity (Wildman–Crippen MR) is 342 cm³/mol. The van der Waals surface area contributed by atoms with Gasteiger partial charge in [-0.05, 0) is 86.9 Å². The van der Waals surface area contributed by atoms with Crippen molar-refractivity contribution in [3.05, 3.63) is 179 Å². The van der Waals surface area contributed by atoms with Crippen LogP contribution in [-0.2, 0) is 28.7 Å². The molecule has 0 bridgehead atoms. The van der Waals surface area contributed by atoms with E-state index in [1.165, 1.54) is 14.2 Å². The molecule has 8 aromatic rings. The molecule has 10 rings (SSSR count). The maximum atomic E-state index is 12.9. The van der Waals surface area contributed by atoms with Crippen LogP contribution in [0.15, 0.2) is 156 Å². The van der Waals surface area contributed by atoms with Crippen molar-refractivity contribution >= 4 is 91.7 Å². The summed E-state index contributed by atoms with van der Waals surface area (Å²) in [5.74, 6) is -3.08. The third-order valence-corrected chi connectivity index (χ3v) is 15.1. The normalized spacial score (nSPS) is 14.1. The Balaban J connectivity index is 0.000000224. The summed E-state index contributed by atoms with van der Waals surface area (Å²) in [7, 11) is 10.4. The van der Waals surface area contributed by atoms with Gasteiger partial charge in [0.05, 0.1) is 85.2 Å². The number of methoxy groups -OCH3 is 2. The lowest BCUT2D eigenvalue weighted by atomic mass is 10.00. The molecule has 0 unspecified atom stereocenters. The Morgan fingerprint density at radius 2 is 0.820 bits per heavy atom. The molecule has 8 N–H and O–H groups in total. The summed E-state index contributed by atoms with van der Waals surface area (Å²) in [6, 6.07) is 44.3. The molecule has 0 radical (unpaired) electrons. The smallest absolute Gasteiger partial charge is 0.337 e. The van der Waals surface area contributed by atoms with E-state index in [9.17, 15) is 39.0 Å². The van der Waals surface area contributed by atoms with E-state index in [0.29, 0.717) is 69.2 Å². The van der Waals surface area contributed by atoms with Gasteiger partial charge < -0.3 is 64.9 Å². The minimum Gasteiger partial charge on any atom is -0.494 e. The van der Waals surface area contributed by atoms with Gasteiger partial charge in [0.15, 0.2) is 11.8 Å². The second kappa shape index (κ2) is 31.0. The molecule has 23 heteroatoms. The second-order valence-corrected chi connectivity index (χ2v) is 21.2. The van der Waals surface area contributed by atoms with Crippen molar-refractivity contribution in [1.29, 1.82) is 0 Å². The van der Waals surface area contributed by atoms with Gasteiger partial charge >= 0.3 is 23.9 Å². The van der Waals surface area contributed by atoms with Crippen LogP contribution in [0.2, 0.25) is 0 Å². The average Bonchev–Trinajstić information content (AvgIpc) is 2.87. The number of aromatic nitrogens is 2. The van der Waals surface area contributed by atoms with Crippen molar-refractivity contribution in [1.82, 2.24) is 29.6 Å². The Morgan fingerprint density at radius 1 is 0.483 bits per heavy atom. The fourth-order valence-corrected chi connectivity index (χ4v) is 9.93. The zero-order valence-electron chi connectivity index (χ0n) is 50.5. The van der Waals surface area contributed by atoms with E-state index < -0.39 is 23.9 Å². The Labute approximate surface area is 514 Å². The van der Waals surface area contributed by atoms with Crippen LogP contribution in [-0.4, -0.2) is 210 Å². The number of carbonyl (C=O) groups excluding carboxylic acids is 4. The van der Waals surface area contributed by atoms with Crippen molar-refractivity contribution in [2.45, 2.75) is 12.8 Å². The number of hydrogen-bond donors (Lipinski definition) is 6. The van der Waals surface area contributed by atoms with Crippen LogP contribution < -0.4 is 9.80 Å². The van der Waals surface area contributed by atoms with Gasteiger partial charge in [-0.1, -0.05) is 72.8 Å². The number of carboxylic acids is 2. The van der Waals surface area contributed by atoms with Gasteiger partial charge in [0.2, 0.25) is 11.8 Å². The van der Waals surface area contributed by atoms with Crippen molar-refractivity contribution in [3.8, 4) is 11.8 Å². The first kappa shape index (κ1) is 66.5. The predicted octanol–water partition coefficient (Wildman–Crippen LogP) is 7.19. The quantitative estimate of drug-likeness (QED) is 0.0388. The van der Waals surface area contributed by atoms with Gasteiger partial charge in [0.1, 0.15) is 0 Å². The molecule has 0 atom stereocenters. The van der Waals surface area contributed by atoms with Crippen molar-refractivity contribution < 1.29 is 64.1 Å². The number of likely N-dealkylation sites (N-methyl/N-ethyl adjacent to an activating group) is 4. The van der Waals surface area contributed by atoms with E-state index >= 15 is 0 Å². The lowest BCUT2D eigenvalue weighted by Gasteiger charge is -2.32. The zero-order chi connectivity index (χ0) is 63.0. The molecule has 0 aliphatic carbocycles. The molecule has 6 aromatic carbocycles. The van der Waals surface area contributed by atoms with E-state index in [4.69, 9.17) is 29.7 Å². The van der Waals surface area contributed by atoms with Crippen LogP contribution in [0, 0.1) is 0 Å². The first-order valence-corrected chi connectivity index (χ1v) is 28.4. The lowest BCUT2D eigenvalue weighted by molar-refractivity contribution is -0.143. The molecule has 2 saturated heterocycles. The monoisotopic (exact) mass is 1210 g/mol. The van der Waals surface area contributed by atoms with Gasteiger partial charge in [-0.3, -0.25) is 29.0 Å². The maximum absolute atomic E-state index is 12.9. The van der Waals surface area contributed by atoms with Gasteiger partial charge in [-0.15, -0.1) is 0 Å². The minimum atomic E-state index is -1.08. The lowest BCUT2D eigenvalue weighted by Crippen LogP contribution is -2.48. The van der Waals surface area contributed by atoms with Gasteiger partial charge in [-0.25, -0.2) is 19.6 Å². The van der Waals surface area contributed by atoms with E-state index in [1.54, 1.807) is 60.3 Å². The van der Waals surface area contributed by atoms with Gasteiger partial charge in [-0.2, -0.15) is 0 Å². The third kappa shape index (κ3) is 17.4. The zero-order valence-corrected chi connectivity index (χ0v) is 50.5. The Bertz CT molecular complexity index is 3570. The third-order valence-electron chi connectivity index (χ3n) is 15.1. The summed E-state index contributed by atoms with van der Waals surface area (Å²) in [4.78, 5) is 97.2. The number of rotatable bonds is 17. The molecular weight excluding hydrogens is 1140 g/mol. The van der Waals surface area contributed by atoms with Gasteiger partial charge in [0, 0.05) is 111 Å². The molecule has 23 nitrogen and oxygen atoms in total. The number of esters is 2. The number of aliphatic carboxylic acids is 2. The number of amides is 2. The number of aromatic amines is 2. The number of anilines is 2. The number of aliphatic imine (C=N–C) groups is 2. The van der Waals surface area contributed by atoms with Crippen LogP contribution >= 0.6 is 0 Å². The summed E-state index contributed by atoms with van der Waals surface area (Å²) in [6.07, 6.45) is -0.593. The molecule has 2 fully saturated rings. The highest BCUT2D eigenvalue weighted by Crippen LogP contribution is 2.35. The highest BCUT2D eigenvalue weighted by atomic mass is 16.5. The number of nitrogens with one attached hydrogen (secondary N) is 2. The van der Waals surface area contributed by atoms with Crippen LogP contribution in [0.1, 0.15) is 55.8 Å². The second-order valence-electron chi connectivity index (χ2n) is 21.2. The molecular formula is C66H74N10O13. The summed E-state index contributed by atoms with van der Waals surface area (Å²) in [6.45, 7) is 8.18. The number of fused-ring (bicyclic) bond motifs is 2. The van der Waals surface area contributed by atoms with E-state index in [1.807, 2.05) is 109 Å². The first-order valence-electron chi connectivity index (χ1n) is 28.4. The molecule has 89 heavy (non-hydrogen) atoms. The molecule has 0 spiro atoms. The van der Waals surface area contributed by atoms with Crippen LogP contribution in [0.3, 0.4) is 0 Å². The number of H-pyrrole nitrogens is 2. The number of ether oxygens (including phenoxy) is 2. The standard InChI is InChI=1S/2C31H33N5O4.C4H6O4.H2O/c2*1-34-15-17-36(18-16-34)20-27(37)35(2)24-12-10-23(11-13-24)32-29(21-7-5-4-6-8-21)28-25-14-9-22(31(39)40-3)19-26(25)33-30(28)38;5-3(6)1-2-4(7)8;/h2*4-14,19,33,38H,15-18,20H2,1-3H3;1-2H2,(H,5,6)(H,7,8);1H2. The summed E-state index contributed by atoms with van der Waals surface area (Å²) >= 11 is 0. The molecule has 0 saturated carbocycles. The SMILES string of the molecule is COC(=O)c1ccc2c(C(=Nc3ccc(N(C)C(=O)CN4CCN(C)CC4)cc3)c3ccccc3)c(O)[nH]c2c1.COC(=O)c1ccc2c(C(=Nc3ccc(N(C)C(=O)CN4CCN(C)CC4)cc3)c3ccccc3)c(O)[nH]c2c1.O.O=C(O)CCC(=O)O. The van der Waals surface area contributed by atoms with Crippen molar-refractivity contribution in [2.75, 3.05) is 118 Å². The number of carbonyl (C=O) groups is 6. The maximum Gasteiger partial charge on any atom is 0.337 e. The number of aromatic hydroxyl groups is 2. The largest absolute Gasteiger partial charge is 0.494 e. The van der Waals surface area contributed by atoms with Crippen LogP contribution in [0.5, 0.6) is 11.8 Å². The molecule has 2 aliphatic heterocycles. The fraction of sp³-hybridized carbons (Fsp3) is 0.273. The molecule has 2 aromatic heterocycles. The minimum absolute atomic E-state index is 0. The van der Waals surface area contributed by atoms with Crippen LogP contribution in [0.25, 0.3) is 21.8 Å². The van der Waals surface area contributed by atoms with Crippen LogP contribution in [0.4, 0.5) is 22.7 Å². The number of hydrogen-bond acceptors (Lipinski definition) is 16. The molecule has 2 aliphatic rings. The Hall–Kier alpha value is -10.0. The van der Waals surface area contributed by atoms with Crippen molar-refractivity contribution in [2.24, 2.45) is 9.98 Å². The summed E-state index contributed by atoms with van der Waals surface area (Å²) in [5.41, 5.74) is 8.68. The van der Waals surface area contributed by atoms with E-state index in [-0.39, 0.29) is 41.9 Å². The molecule has 2 amide bonds. The topological polar surface area (TPSA) is 309 Å². The van der Waals surface area contributed by atoms with E-state index in [0.717, 1.165) is 85.6 Å². The van der Waals surface area contributed by atoms with E-state index in [2.05, 4.69) is 43.7 Å². The Morgan fingerprint density at radius 3 is 1.13 bits per heavy atom. The van der Waals surface area contributed by atoms with Crippen molar-refractivity contribution in [3.63, 3.8) is 0 Å². The van der Waals surface area contributed by atoms with Gasteiger partial charge in [0.25, 0.3) is 0 Å². The first-order chi connectivity index (χ1) is 42.3. The number of carboxylic acid groups (broad SMARTS) is 2. The number of benzene rings is 6. The highest BCUT2D eigenvalue weighted by molar-refractivity contribution is 6.23. The average molecular weight is 1220 g/mol. The Kier molecular flexibility index (Phi) is 23.2. The number of piperazine rings is 2. The molecule has 466 valence electrons. The number of nitrogens with zero attached hydrogens (tertiary/aromatic N) is 8. The summed E-state index contributed by atoms with van der Waals surface area (Å²) < 4.78 is 9.67. The fourth-order valence-electron chi connectivity index (χ4n) is 9.93.